The van der Waals surface area contributed by atoms with Crippen LogP contribution in [0.4, 0.5) is 11.4 Å². The van der Waals surface area contributed by atoms with Gasteiger partial charge in [0.25, 0.3) is 0 Å². The Labute approximate surface area is 273 Å². The first-order chi connectivity index (χ1) is 19.1. The standard InChI is InChI=1S/C34H46N3O3.2BrH/c1-6-40-33(39)21-16-28-37(4,5)27-15-14-24-35-26-23-34(3,31-19-10-11-20-32(31)35)22-12-13-25-36(29(2)38)30-17-8-7-9-18-30;;/h7-13,17-20,22-23,25-26H,6,14-16,21,24,27-28H2,1-5H3;2*1H/q+1;;/p-1/b22-12+,25-13+;;. The van der Waals surface area contributed by atoms with Crippen LogP contribution in [0.5, 0.6) is 0 Å². The molecule has 0 aliphatic carbocycles. The lowest BCUT2D eigenvalue weighted by Gasteiger charge is -2.36. The van der Waals surface area contributed by atoms with E-state index in [4.69, 9.17) is 4.74 Å². The third-order valence-electron chi connectivity index (χ3n) is 7.42. The van der Waals surface area contributed by atoms with E-state index in [1.807, 2.05) is 55.6 Å². The molecule has 2 aromatic rings. The molecule has 1 aliphatic heterocycles. The minimum Gasteiger partial charge on any atom is -1.00 e. The van der Waals surface area contributed by atoms with Crippen molar-refractivity contribution in [2.45, 2.75) is 51.9 Å². The molecular formula is C34H47Br2N3O3. The normalized spacial score (nSPS) is 16.1. The Hall–Kier alpha value is -2.68. The van der Waals surface area contributed by atoms with Gasteiger partial charge in [0.05, 0.1) is 40.2 Å². The van der Waals surface area contributed by atoms with E-state index in [1.54, 1.807) is 11.8 Å². The second-order valence-electron chi connectivity index (χ2n) is 11.2. The molecule has 2 aromatic carbocycles. The van der Waals surface area contributed by atoms with Crippen molar-refractivity contribution in [1.29, 1.82) is 0 Å². The van der Waals surface area contributed by atoms with Gasteiger partial charge in [-0.05, 0) is 56.5 Å². The Kier molecular flexibility index (Phi) is 16.1. The second kappa shape index (κ2) is 18.1. The number of benzene rings is 2. The van der Waals surface area contributed by atoms with Crippen molar-refractivity contribution in [2.75, 3.05) is 50.1 Å². The lowest BCUT2D eigenvalue weighted by atomic mass is 9.79. The number of unbranched alkanes of at least 4 members (excludes halogenated alkanes) is 1. The molecule has 0 bridgehead atoms. The summed E-state index contributed by atoms with van der Waals surface area (Å²) in [6.45, 7) is 9.10. The molecule has 1 atom stereocenters. The molecule has 0 spiro atoms. The summed E-state index contributed by atoms with van der Waals surface area (Å²) in [5.41, 5.74) is 3.11. The smallest absolute Gasteiger partial charge is 0.305 e. The average Bonchev–Trinajstić information content (AvgIpc) is 2.93. The fourth-order valence-electron chi connectivity index (χ4n) is 5.11. The van der Waals surface area contributed by atoms with Gasteiger partial charge in [0.1, 0.15) is 0 Å². The maximum atomic E-state index is 12.2. The number of hydrogen-bond acceptors (Lipinski definition) is 4. The van der Waals surface area contributed by atoms with Crippen LogP contribution in [0.15, 0.2) is 91.3 Å². The number of halogens is 2. The number of allylic oxidation sites excluding steroid dienone is 4. The van der Waals surface area contributed by atoms with Crippen LogP contribution in [0.3, 0.4) is 0 Å². The number of carbonyl (C=O) groups excluding carboxylic acids is 2. The molecule has 0 saturated heterocycles. The highest BCUT2D eigenvalue weighted by Crippen LogP contribution is 2.39. The number of nitrogens with zero attached hydrogens (tertiary/aromatic N) is 3. The molecule has 8 heteroatoms. The average molecular weight is 706 g/mol. The van der Waals surface area contributed by atoms with Crippen molar-refractivity contribution in [1.82, 2.24) is 0 Å². The number of ether oxygens (including phenoxy) is 1. The van der Waals surface area contributed by atoms with Gasteiger partial charge in [-0.2, -0.15) is 0 Å². The molecule has 0 saturated carbocycles. The minimum absolute atomic E-state index is 0. The fraction of sp³-hybridized carbons (Fsp3) is 0.412. The maximum Gasteiger partial charge on any atom is 0.305 e. The van der Waals surface area contributed by atoms with Gasteiger partial charge in [0.2, 0.25) is 5.91 Å². The summed E-state index contributed by atoms with van der Waals surface area (Å²) in [6, 6.07) is 18.3. The molecule has 0 radical (unpaired) electrons. The highest BCUT2D eigenvalue weighted by atomic mass is 79.9. The molecule has 0 aromatic heterocycles. The number of hydrogen-bond donors (Lipinski definition) is 0. The number of carbonyl (C=O) groups is 2. The van der Waals surface area contributed by atoms with E-state index in [1.165, 1.54) is 11.3 Å². The zero-order chi connectivity index (χ0) is 29.0. The first-order valence-corrected chi connectivity index (χ1v) is 14.4. The van der Waals surface area contributed by atoms with Crippen molar-refractivity contribution < 1.29 is 35.8 Å². The predicted molar refractivity (Wildman–Crippen MR) is 175 cm³/mol. The number of amides is 1. The summed E-state index contributed by atoms with van der Waals surface area (Å²) < 4.78 is 5.96. The van der Waals surface area contributed by atoms with Crippen LogP contribution in [0.2, 0.25) is 0 Å². The fourth-order valence-corrected chi connectivity index (χ4v) is 5.11. The van der Waals surface area contributed by atoms with Crippen LogP contribution < -0.4 is 26.8 Å². The molecule has 0 N–H and O–H groups in total. The monoisotopic (exact) mass is 703 g/mol. The van der Waals surface area contributed by atoms with Crippen LogP contribution in [-0.2, 0) is 19.7 Å². The molecule has 1 heterocycles. The molecule has 1 unspecified atom stereocenters. The largest absolute Gasteiger partial charge is 1.00 e. The van der Waals surface area contributed by atoms with Crippen LogP contribution in [0.25, 0.3) is 0 Å². The van der Waals surface area contributed by atoms with Gasteiger partial charge in [-0.15, -0.1) is 17.0 Å². The second-order valence-corrected chi connectivity index (χ2v) is 11.2. The third kappa shape index (κ3) is 11.2. The van der Waals surface area contributed by atoms with E-state index >= 15 is 0 Å². The zero-order valence-corrected chi connectivity index (χ0v) is 29.0. The van der Waals surface area contributed by atoms with Crippen LogP contribution in [0.1, 0.15) is 52.0 Å². The molecule has 1 amide bonds. The zero-order valence-electron chi connectivity index (χ0n) is 25.7. The Morgan fingerprint density at radius 2 is 1.64 bits per heavy atom. The first kappa shape index (κ1) is 37.3. The van der Waals surface area contributed by atoms with E-state index in [-0.39, 0.29) is 51.3 Å². The van der Waals surface area contributed by atoms with Gasteiger partial charge in [-0.1, -0.05) is 54.6 Å². The topological polar surface area (TPSA) is 49.9 Å². The number of anilines is 2. The highest BCUT2D eigenvalue weighted by molar-refractivity contribution is 8.93. The summed E-state index contributed by atoms with van der Waals surface area (Å²) in [5.74, 6) is -0.124. The molecule has 42 heavy (non-hydrogen) atoms. The maximum absolute atomic E-state index is 12.2. The van der Waals surface area contributed by atoms with E-state index in [0.717, 1.165) is 49.1 Å². The Balaban J connectivity index is 0.00000441. The minimum atomic E-state index is -0.247. The van der Waals surface area contributed by atoms with Crippen molar-refractivity contribution in [3.63, 3.8) is 0 Å². The number of esters is 1. The summed E-state index contributed by atoms with van der Waals surface area (Å²) in [7, 11) is 4.48. The number of para-hydroxylation sites is 2. The quantitative estimate of drug-likeness (QED) is 0.128. The van der Waals surface area contributed by atoms with E-state index in [2.05, 4.69) is 68.5 Å². The summed E-state index contributed by atoms with van der Waals surface area (Å²) in [6.07, 6.45) is 16.0. The third-order valence-corrected chi connectivity index (χ3v) is 7.42. The van der Waals surface area contributed by atoms with E-state index in [9.17, 15) is 9.59 Å². The van der Waals surface area contributed by atoms with E-state index < -0.39 is 0 Å². The van der Waals surface area contributed by atoms with Crippen molar-refractivity contribution in [3.8, 4) is 0 Å². The van der Waals surface area contributed by atoms with Crippen LogP contribution in [0, 0.1) is 0 Å². The Morgan fingerprint density at radius 1 is 0.976 bits per heavy atom. The highest BCUT2D eigenvalue weighted by Gasteiger charge is 2.28. The summed E-state index contributed by atoms with van der Waals surface area (Å²) in [4.78, 5) is 27.8. The van der Waals surface area contributed by atoms with Gasteiger partial charge in [0, 0.05) is 49.1 Å². The summed E-state index contributed by atoms with van der Waals surface area (Å²) >= 11 is 0. The predicted octanol–water partition coefficient (Wildman–Crippen LogP) is 4.18. The lowest BCUT2D eigenvalue weighted by Crippen LogP contribution is -3.00. The van der Waals surface area contributed by atoms with Crippen molar-refractivity contribution >= 4 is 40.2 Å². The van der Waals surface area contributed by atoms with Gasteiger partial charge in [-0.25, -0.2) is 0 Å². The number of quaternary nitrogens is 1. The van der Waals surface area contributed by atoms with Crippen molar-refractivity contribution in [3.05, 3.63) is 96.9 Å². The number of rotatable bonds is 14. The number of fused-ring (bicyclic) bond motifs is 1. The molecule has 230 valence electrons. The molecule has 6 nitrogen and oxygen atoms in total. The van der Waals surface area contributed by atoms with Gasteiger partial charge >= 0.3 is 5.97 Å². The molecular weight excluding hydrogens is 658 g/mol. The van der Waals surface area contributed by atoms with Crippen molar-refractivity contribution in [2.24, 2.45) is 0 Å². The Morgan fingerprint density at radius 3 is 2.33 bits per heavy atom. The summed E-state index contributed by atoms with van der Waals surface area (Å²) in [5, 5.41) is 0. The molecule has 1 aliphatic rings. The molecule has 3 rings (SSSR count). The van der Waals surface area contributed by atoms with Crippen LogP contribution >= 0.6 is 17.0 Å². The van der Waals surface area contributed by atoms with Crippen LogP contribution in [-0.4, -0.2) is 56.7 Å². The van der Waals surface area contributed by atoms with Gasteiger partial charge in [-0.3, -0.25) is 14.5 Å². The Bertz CT molecular complexity index is 1210. The molecule has 0 fully saturated rings. The SMILES string of the molecule is Br.CCOC(=O)CCC[N+](C)(C)CCCCN1C=CC(C)(/C=C/C=C/N(C(C)=O)c2ccccc2)c2ccccc21.[Br-]. The van der Waals surface area contributed by atoms with Gasteiger partial charge in [0.15, 0.2) is 0 Å². The lowest BCUT2D eigenvalue weighted by molar-refractivity contribution is -0.890. The van der Waals surface area contributed by atoms with E-state index in [0.29, 0.717) is 13.0 Å². The first-order valence-electron chi connectivity index (χ1n) is 14.4. The van der Waals surface area contributed by atoms with Gasteiger partial charge < -0.3 is 31.1 Å².